The molecule has 1 aliphatic rings. The van der Waals surface area contributed by atoms with Gasteiger partial charge in [0.2, 0.25) is 0 Å². The molecule has 184 valence electrons. The minimum absolute atomic E-state index is 0.156. The Labute approximate surface area is 215 Å². The highest BCUT2D eigenvalue weighted by Crippen LogP contribution is 2.39. The van der Waals surface area contributed by atoms with Crippen molar-refractivity contribution in [3.8, 4) is 17.4 Å². The van der Waals surface area contributed by atoms with E-state index in [1.807, 2.05) is 6.07 Å². The summed E-state index contributed by atoms with van der Waals surface area (Å²) in [5.41, 5.74) is 1.14. The van der Waals surface area contributed by atoms with E-state index in [1.165, 1.54) is 47.7 Å². The topological polar surface area (TPSA) is 135 Å². The first-order valence-corrected chi connectivity index (χ1v) is 12.3. The van der Waals surface area contributed by atoms with Crippen LogP contribution in [-0.4, -0.2) is 23.4 Å². The van der Waals surface area contributed by atoms with E-state index in [0.29, 0.717) is 16.1 Å². The number of nitro benzene ring substituents is 1. The molecule has 0 aliphatic heterocycles. The summed E-state index contributed by atoms with van der Waals surface area (Å²) in [6.45, 7) is 1.92. The minimum Gasteiger partial charge on any atom is -0.462 e. The van der Waals surface area contributed by atoms with Gasteiger partial charge in [0.15, 0.2) is 0 Å². The van der Waals surface area contributed by atoms with Gasteiger partial charge in [0.05, 0.1) is 22.1 Å². The van der Waals surface area contributed by atoms with Crippen LogP contribution in [0, 0.1) is 21.4 Å². The largest absolute Gasteiger partial charge is 0.462 e. The molecule has 0 spiro atoms. The first kappa shape index (κ1) is 25.2. The number of thiophene rings is 1. The predicted octanol–water partition coefficient (Wildman–Crippen LogP) is 6.17. The van der Waals surface area contributed by atoms with E-state index in [4.69, 9.17) is 20.8 Å². The number of nitrogens with one attached hydrogen (secondary N) is 1. The SMILES string of the molecule is CCOC(=O)c1c(NC(=O)/C(C#N)=C/c2ccc(-c3cc([N+](=O)[O-])ccc3Cl)o2)sc2c1CCCC2. The van der Waals surface area contributed by atoms with Crippen LogP contribution in [0.15, 0.2) is 40.3 Å². The van der Waals surface area contributed by atoms with E-state index < -0.39 is 16.8 Å². The summed E-state index contributed by atoms with van der Waals surface area (Å²) < 4.78 is 10.9. The second-order valence-electron chi connectivity index (χ2n) is 7.88. The van der Waals surface area contributed by atoms with Crippen molar-refractivity contribution in [3.05, 3.63) is 72.8 Å². The average molecular weight is 526 g/mol. The zero-order chi connectivity index (χ0) is 25.8. The summed E-state index contributed by atoms with van der Waals surface area (Å²) in [6, 6.07) is 8.86. The quantitative estimate of drug-likeness (QED) is 0.128. The molecular weight excluding hydrogens is 506 g/mol. The van der Waals surface area contributed by atoms with Crippen molar-refractivity contribution in [2.24, 2.45) is 0 Å². The Morgan fingerprint density at radius 1 is 1.31 bits per heavy atom. The van der Waals surface area contributed by atoms with Gasteiger partial charge in [0.25, 0.3) is 11.6 Å². The lowest BCUT2D eigenvalue weighted by Gasteiger charge is -2.12. The van der Waals surface area contributed by atoms with Crippen molar-refractivity contribution in [2.45, 2.75) is 32.6 Å². The van der Waals surface area contributed by atoms with Crippen LogP contribution in [0.4, 0.5) is 10.7 Å². The molecule has 4 rings (SSSR count). The molecule has 1 N–H and O–H groups in total. The molecule has 0 saturated heterocycles. The van der Waals surface area contributed by atoms with Gasteiger partial charge < -0.3 is 14.5 Å². The minimum atomic E-state index is -0.701. The van der Waals surface area contributed by atoms with E-state index in [0.717, 1.165) is 36.1 Å². The third kappa shape index (κ3) is 5.17. The number of rotatable bonds is 7. The van der Waals surface area contributed by atoms with Crippen LogP contribution in [0.3, 0.4) is 0 Å². The lowest BCUT2D eigenvalue weighted by atomic mass is 9.95. The number of esters is 1. The highest BCUT2D eigenvalue weighted by atomic mass is 35.5. The van der Waals surface area contributed by atoms with Crippen molar-refractivity contribution < 1.29 is 23.7 Å². The highest BCUT2D eigenvalue weighted by molar-refractivity contribution is 7.17. The number of furan rings is 1. The molecule has 0 unspecified atom stereocenters. The third-order valence-electron chi connectivity index (χ3n) is 5.58. The number of nitrogens with zero attached hydrogens (tertiary/aromatic N) is 2. The maximum Gasteiger partial charge on any atom is 0.341 e. The lowest BCUT2D eigenvalue weighted by Crippen LogP contribution is -2.16. The van der Waals surface area contributed by atoms with Gasteiger partial charge in [-0.05, 0) is 56.4 Å². The Bertz CT molecular complexity index is 1430. The molecule has 1 aromatic carbocycles. The van der Waals surface area contributed by atoms with E-state index in [1.54, 1.807) is 6.92 Å². The maximum atomic E-state index is 13.0. The number of carbonyl (C=O) groups excluding carboxylic acids is 2. The van der Waals surface area contributed by atoms with Crippen molar-refractivity contribution in [1.29, 1.82) is 5.26 Å². The molecule has 0 fully saturated rings. The fraction of sp³-hybridized carbons (Fsp3) is 0.240. The Kier molecular flexibility index (Phi) is 7.52. The van der Waals surface area contributed by atoms with E-state index >= 15 is 0 Å². The number of aryl methyl sites for hydroxylation is 1. The second-order valence-corrected chi connectivity index (χ2v) is 9.40. The summed E-state index contributed by atoms with van der Waals surface area (Å²) in [4.78, 5) is 37.2. The van der Waals surface area contributed by atoms with Gasteiger partial charge in [-0.2, -0.15) is 5.26 Å². The molecule has 2 heterocycles. The van der Waals surface area contributed by atoms with Crippen LogP contribution in [0.1, 0.15) is 46.3 Å². The number of nitriles is 1. The smallest absolute Gasteiger partial charge is 0.341 e. The monoisotopic (exact) mass is 525 g/mol. The molecule has 11 heteroatoms. The number of amides is 1. The number of hydrogen-bond donors (Lipinski definition) is 1. The maximum absolute atomic E-state index is 13.0. The Balaban J connectivity index is 1.61. The van der Waals surface area contributed by atoms with E-state index in [9.17, 15) is 25.0 Å². The molecular formula is C25H20ClN3O6S. The first-order valence-electron chi connectivity index (χ1n) is 11.1. The first-order chi connectivity index (χ1) is 17.3. The summed E-state index contributed by atoms with van der Waals surface area (Å²) in [7, 11) is 0. The van der Waals surface area contributed by atoms with Gasteiger partial charge >= 0.3 is 5.97 Å². The molecule has 0 saturated carbocycles. The van der Waals surface area contributed by atoms with Crippen molar-refractivity contribution in [3.63, 3.8) is 0 Å². The Morgan fingerprint density at radius 2 is 2.08 bits per heavy atom. The highest BCUT2D eigenvalue weighted by Gasteiger charge is 2.28. The third-order valence-corrected chi connectivity index (χ3v) is 7.12. The molecule has 9 nitrogen and oxygen atoms in total. The number of non-ortho nitro benzene ring substituents is 1. The van der Waals surface area contributed by atoms with Gasteiger partial charge in [0.1, 0.15) is 28.2 Å². The summed E-state index contributed by atoms with van der Waals surface area (Å²) in [5, 5.41) is 24.0. The van der Waals surface area contributed by atoms with Crippen LogP contribution in [0.5, 0.6) is 0 Å². The van der Waals surface area contributed by atoms with Gasteiger partial charge in [-0.25, -0.2) is 4.79 Å². The van der Waals surface area contributed by atoms with Gasteiger partial charge in [-0.1, -0.05) is 11.6 Å². The molecule has 0 atom stereocenters. The molecule has 36 heavy (non-hydrogen) atoms. The van der Waals surface area contributed by atoms with Crippen LogP contribution in [0.2, 0.25) is 5.02 Å². The van der Waals surface area contributed by atoms with Crippen molar-refractivity contribution in [1.82, 2.24) is 0 Å². The zero-order valence-electron chi connectivity index (χ0n) is 19.1. The number of anilines is 1. The number of benzene rings is 1. The number of halogens is 1. The Morgan fingerprint density at radius 3 is 2.81 bits per heavy atom. The van der Waals surface area contributed by atoms with Crippen LogP contribution in [-0.2, 0) is 22.4 Å². The van der Waals surface area contributed by atoms with Crippen LogP contribution >= 0.6 is 22.9 Å². The van der Waals surface area contributed by atoms with Gasteiger partial charge in [-0.3, -0.25) is 14.9 Å². The van der Waals surface area contributed by atoms with Gasteiger partial charge in [0, 0.05) is 28.6 Å². The number of fused-ring (bicyclic) bond motifs is 1. The summed E-state index contributed by atoms with van der Waals surface area (Å²) >= 11 is 7.50. The standard InChI is InChI=1S/C25H20ClN3O6S/c1-2-34-25(31)22-17-5-3-4-6-21(17)36-24(22)28-23(30)14(13-27)11-16-8-10-20(35-16)18-12-15(29(32)33)7-9-19(18)26/h7-12H,2-6H2,1H3,(H,28,30)/b14-11+. The van der Waals surface area contributed by atoms with Crippen molar-refractivity contribution in [2.75, 3.05) is 11.9 Å². The van der Waals surface area contributed by atoms with E-state index in [2.05, 4.69) is 5.32 Å². The van der Waals surface area contributed by atoms with Gasteiger partial charge in [-0.15, -0.1) is 11.3 Å². The number of carbonyl (C=O) groups is 2. The number of ether oxygens (including phenoxy) is 1. The van der Waals surface area contributed by atoms with Crippen molar-refractivity contribution >= 4 is 51.6 Å². The summed E-state index contributed by atoms with van der Waals surface area (Å²) in [5.74, 6) is -0.786. The normalized spacial score (nSPS) is 13.0. The second kappa shape index (κ2) is 10.8. The zero-order valence-corrected chi connectivity index (χ0v) is 20.7. The predicted molar refractivity (Wildman–Crippen MR) is 135 cm³/mol. The Hall–Kier alpha value is -3.94. The number of nitro groups is 1. The van der Waals surface area contributed by atoms with Crippen LogP contribution in [0.25, 0.3) is 17.4 Å². The summed E-state index contributed by atoms with van der Waals surface area (Å²) in [6.07, 6.45) is 4.75. The van der Waals surface area contributed by atoms with Crippen LogP contribution < -0.4 is 5.32 Å². The fourth-order valence-corrected chi connectivity index (χ4v) is 5.41. The van der Waals surface area contributed by atoms with E-state index in [-0.39, 0.29) is 34.4 Å². The lowest BCUT2D eigenvalue weighted by molar-refractivity contribution is -0.384. The molecule has 1 aliphatic carbocycles. The molecule has 0 radical (unpaired) electrons. The number of hydrogen-bond acceptors (Lipinski definition) is 8. The molecule has 0 bridgehead atoms. The fourth-order valence-electron chi connectivity index (χ4n) is 3.93. The molecule has 2 aromatic heterocycles. The average Bonchev–Trinajstić information content (AvgIpc) is 3.46. The molecule has 1 amide bonds. The molecule has 3 aromatic rings.